The molecule has 1 saturated heterocycles. The van der Waals surface area contributed by atoms with Crippen LogP contribution >= 0.6 is 0 Å². The Morgan fingerprint density at radius 2 is 1.94 bits per heavy atom. The highest BCUT2D eigenvalue weighted by molar-refractivity contribution is 6.04. The Kier molecular flexibility index (Phi) is 7.00. The molecule has 3 heterocycles. The molecule has 0 radical (unpaired) electrons. The maximum atomic E-state index is 13.1. The molecule has 1 atom stereocenters. The Labute approximate surface area is 198 Å². The summed E-state index contributed by atoms with van der Waals surface area (Å²) in [5, 5.41) is 7.18. The van der Waals surface area contributed by atoms with E-state index in [0.29, 0.717) is 48.7 Å². The summed E-state index contributed by atoms with van der Waals surface area (Å²) in [5.41, 5.74) is 3.44. The van der Waals surface area contributed by atoms with E-state index in [1.54, 1.807) is 6.92 Å². The molecule has 0 aliphatic carbocycles. The highest BCUT2D eigenvalue weighted by Gasteiger charge is 2.32. The van der Waals surface area contributed by atoms with Crippen molar-refractivity contribution in [3.63, 3.8) is 0 Å². The van der Waals surface area contributed by atoms with Gasteiger partial charge in [-0.25, -0.2) is 14.4 Å². The van der Waals surface area contributed by atoms with Crippen LogP contribution in [0.3, 0.4) is 0 Å². The molecule has 0 spiro atoms. The Bertz CT molecular complexity index is 1190. The molecule has 3 aromatic rings. The zero-order valence-electron chi connectivity index (χ0n) is 19.7. The first-order valence-corrected chi connectivity index (χ1v) is 11.5. The van der Waals surface area contributed by atoms with Gasteiger partial charge in [0.25, 0.3) is 5.91 Å². The van der Waals surface area contributed by atoms with Crippen LogP contribution in [0.25, 0.3) is 0 Å². The third kappa shape index (κ3) is 5.30. The van der Waals surface area contributed by atoms with Gasteiger partial charge in [0.1, 0.15) is 5.82 Å². The molecule has 0 bridgehead atoms. The molecule has 1 N–H and O–H groups in total. The molecular weight excluding hydrogens is 435 g/mol. The second-order valence-electron chi connectivity index (χ2n) is 8.69. The average Bonchev–Trinajstić information content (AvgIpc) is 3.41. The summed E-state index contributed by atoms with van der Waals surface area (Å²) in [4.78, 5) is 36.4. The standard InChI is InChI=1S/C25H29FN6O2/c1-16-14-17(2)32(30-16)13-5-7-23(33)31-12-4-6-22(31)24-27-15-21(18(3)28-24)25(34)29-20-10-8-19(26)9-11-20/h8-11,14-15,22H,4-7,12-13H2,1-3H3,(H,29,34)/t22-/m1/s1. The number of hydrogen-bond acceptors (Lipinski definition) is 5. The van der Waals surface area contributed by atoms with Crippen LogP contribution in [-0.2, 0) is 11.3 Å². The zero-order valence-corrected chi connectivity index (χ0v) is 19.7. The second-order valence-corrected chi connectivity index (χ2v) is 8.69. The van der Waals surface area contributed by atoms with Crippen molar-refractivity contribution in [1.82, 2.24) is 24.6 Å². The fourth-order valence-electron chi connectivity index (χ4n) is 4.36. The minimum Gasteiger partial charge on any atom is -0.332 e. The van der Waals surface area contributed by atoms with E-state index in [1.165, 1.54) is 30.5 Å². The molecule has 1 fully saturated rings. The quantitative estimate of drug-likeness (QED) is 0.567. The molecular formula is C25H29FN6O2. The Morgan fingerprint density at radius 3 is 2.62 bits per heavy atom. The Morgan fingerprint density at radius 1 is 1.18 bits per heavy atom. The van der Waals surface area contributed by atoms with Crippen molar-refractivity contribution in [2.75, 3.05) is 11.9 Å². The summed E-state index contributed by atoms with van der Waals surface area (Å²) in [6.45, 7) is 7.11. The van der Waals surface area contributed by atoms with Gasteiger partial charge >= 0.3 is 0 Å². The minimum atomic E-state index is -0.371. The third-order valence-electron chi connectivity index (χ3n) is 6.08. The number of nitrogens with one attached hydrogen (secondary N) is 1. The monoisotopic (exact) mass is 464 g/mol. The lowest BCUT2D eigenvalue weighted by Crippen LogP contribution is -2.31. The number of aromatic nitrogens is 4. The van der Waals surface area contributed by atoms with Gasteiger partial charge in [0, 0.05) is 37.1 Å². The van der Waals surface area contributed by atoms with Crippen molar-refractivity contribution in [2.45, 2.75) is 59.0 Å². The van der Waals surface area contributed by atoms with Gasteiger partial charge in [0.15, 0.2) is 5.82 Å². The van der Waals surface area contributed by atoms with E-state index in [-0.39, 0.29) is 23.7 Å². The molecule has 34 heavy (non-hydrogen) atoms. The number of likely N-dealkylation sites (tertiary alicyclic amines) is 1. The molecule has 1 aliphatic heterocycles. The number of carbonyl (C=O) groups is 2. The number of rotatable bonds is 7. The van der Waals surface area contributed by atoms with Crippen molar-refractivity contribution < 1.29 is 14.0 Å². The van der Waals surface area contributed by atoms with Gasteiger partial charge < -0.3 is 10.2 Å². The van der Waals surface area contributed by atoms with E-state index < -0.39 is 0 Å². The maximum Gasteiger partial charge on any atom is 0.259 e. The predicted octanol–water partition coefficient (Wildman–Crippen LogP) is 4.13. The van der Waals surface area contributed by atoms with Gasteiger partial charge in [0.2, 0.25) is 5.91 Å². The number of amides is 2. The Hall–Kier alpha value is -3.62. The number of benzene rings is 1. The lowest BCUT2D eigenvalue weighted by atomic mass is 10.1. The number of halogens is 1. The van der Waals surface area contributed by atoms with E-state index >= 15 is 0 Å². The summed E-state index contributed by atoms with van der Waals surface area (Å²) in [6.07, 6.45) is 4.34. The van der Waals surface area contributed by atoms with Gasteiger partial charge in [-0.3, -0.25) is 14.3 Å². The summed E-state index contributed by atoms with van der Waals surface area (Å²) in [7, 11) is 0. The van der Waals surface area contributed by atoms with Crippen LogP contribution in [0.15, 0.2) is 36.5 Å². The van der Waals surface area contributed by atoms with E-state index in [1.807, 2.05) is 29.5 Å². The van der Waals surface area contributed by atoms with Gasteiger partial charge in [-0.1, -0.05) is 0 Å². The molecule has 4 rings (SSSR count). The van der Waals surface area contributed by atoms with Crippen molar-refractivity contribution in [3.05, 3.63) is 70.8 Å². The molecule has 1 aromatic carbocycles. The van der Waals surface area contributed by atoms with Crippen LogP contribution in [0.4, 0.5) is 10.1 Å². The topological polar surface area (TPSA) is 93.0 Å². The van der Waals surface area contributed by atoms with E-state index in [2.05, 4.69) is 20.4 Å². The number of nitrogens with zero attached hydrogens (tertiary/aromatic N) is 5. The van der Waals surface area contributed by atoms with Crippen molar-refractivity contribution in [3.8, 4) is 0 Å². The van der Waals surface area contributed by atoms with Crippen LogP contribution in [0.5, 0.6) is 0 Å². The number of hydrogen-bond donors (Lipinski definition) is 1. The van der Waals surface area contributed by atoms with Crippen molar-refractivity contribution in [2.24, 2.45) is 0 Å². The normalized spacial score (nSPS) is 15.5. The van der Waals surface area contributed by atoms with Gasteiger partial charge in [-0.05, 0) is 70.4 Å². The van der Waals surface area contributed by atoms with E-state index in [9.17, 15) is 14.0 Å². The van der Waals surface area contributed by atoms with Gasteiger partial charge in [0.05, 0.1) is 23.0 Å². The minimum absolute atomic E-state index is 0.0865. The molecule has 178 valence electrons. The van der Waals surface area contributed by atoms with Crippen LogP contribution < -0.4 is 5.32 Å². The first-order chi connectivity index (χ1) is 16.3. The first-order valence-electron chi connectivity index (χ1n) is 11.5. The van der Waals surface area contributed by atoms with Gasteiger partial charge in [-0.2, -0.15) is 5.10 Å². The van der Waals surface area contributed by atoms with Crippen molar-refractivity contribution >= 4 is 17.5 Å². The summed E-state index contributed by atoms with van der Waals surface area (Å²) < 4.78 is 15.0. The molecule has 1 aliphatic rings. The van der Waals surface area contributed by atoms with Crippen LogP contribution in [-0.4, -0.2) is 43.0 Å². The maximum absolute atomic E-state index is 13.1. The average molecular weight is 465 g/mol. The zero-order chi connectivity index (χ0) is 24.2. The number of carbonyl (C=O) groups excluding carboxylic acids is 2. The highest BCUT2D eigenvalue weighted by atomic mass is 19.1. The summed E-state index contributed by atoms with van der Waals surface area (Å²) >= 11 is 0. The molecule has 2 aromatic heterocycles. The third-order valence-corrected chi connectivity index (χ3v) is 6.08. The largest absolute Gasteiger partial charge is 0.332 e. The molecule has 0 saturated carbocycles. The molecule has 8 nitrogen and oxygen atoms in total. The summed E-state index contributed by atoms with van der Waals surface area (Å²) in [6, 6.07) is 7.40. The molecule has 9 heteroatoms. The van der Waals surface area contributed by atoms with Crippen LogP contribution in [0.2, 0.25) is 0 Å². The lowest BCUT2D eigenvalue weighted by molar-refractivity contribution is -0.132. The SMILES string of the molecule is Cc1cc(C)n(CCCC(=O)N2CCC[C@@H]2c2ncc(C(=O)Nc3ccc(F)cc3)c(C)n2)n1. The van der Waals surface area contributed by atoms with Crippen LogP contribution in [0, 0.1) is 26.6 Å². The van der Waals surface area contributed by atoms with Crippen LogP contribution in [0.1, 0.15) is 65.0 Å². The van der Waals surface area contributed by atoms with E-state index in [4.69, 9.17) is 0 Å². The fourth-order valence-corrected chi connectivity index (χ4v) is 4.36. The number of anilines is 1. The first kappa shape index (κ1) is 23.5. The molecule has 2 amide bonds. The Balaban J connectivity index is 1.39. The van der Waals surface area contributed by atoms with Gasteiger partial charge in [-0.15, -0.1) is 0 Å². The molecule has 0 unspecified atom stereocenters. The van der Waals surface area contributed by atoms with E-state index in [0.717, 1.165) is 24.2 Å². The predicted molar refractivity (Wildman–Crippen MR) is 126 cm³/mol. The summed E-state index contributed by atoms with van der Waals surface area (Å²) in [5.74, 6) is -0.0908. The lowest BCUT2D eigenvalue weighted by Gasteiger charge is -2.24. The smallest absolute Gasteiger partial charge is 0.259 e. The second kappa shape index (κ2) is 10.1. The highest BCUT2D eigenvalue weighted by Crippen LogP contribution is 2.31. The number of aryl methyl sites for hydroxylation is 4. The van der Waals surface area contributed by atoms with Crippen molar-refractivity contribution in [1.29, 1.82) is 0 Å². The fraction of sp³-hybridized carbons (Fsp3) is 0.400.